The fraction of sp³-hybridized carbons (Fsp3) is 0.500. The van der Waals surface area contributed by atoms with Crippen molar-refractivity contribution in [3.8, 4) is 0 Å². The number of amides is 1. The number of hydrogen-bond acceptors (Lipinski definition) is 3. The minimum atomic E-state index is -0.515. The Kier molecular flexibility index (Phi) is 8.34. The number of carbonyl (C=O) groups is 1. The predicted octanol–water partition coefficient (Wildman–Crippen LogP) is 4.57. The van der Waals surface area contributed by atoms with Crippen molar-refractivity contribution in [2.75, 3.05) is 6.61 Å². The van der Waals surface area contributed by atoms with E-state index in [-0.39, 0.29) is 6.04 Å². The predicted molar refractivity (Wildman–Crippen MR) is 96.7 cm³/mol. The van der Waals surface area contributed by atoms with Crippen LogP contribution in [-0.4, -0.2) is 24.3 Å². The molecule has 0 aliphatic heterocycles. The molecule has 5 heteroatoms. The fourth-order valence-corrected chi connectivity index (χ4v) is 2.53. The van der Waals surface area contributed by atoms with Crippen molar-refractivity contribution in [2.45, 2.75) is 50.8 Å². The highest BCUT2D eigenvalue weighted by Gasteiger charge is 2.19. The zero-order valence-corrected chi connectivity index (χ0v) is 15.7. The van der Waals surface area contributed by atoms with E-state index in [1.54, 1.807) is 6.08 Å². The van der Waals surface area contributed by atoms with Gasteiger partial charge in [0.2, 0.25) is 0 Å². The van der Waals surface area contributed by atoms with E-state index in [9.17, 15) is 4.79 Å². The molecule has 0 bridgehead atoms. The minimum Gasteiger partial charge on any atom is -0.444 e. The Morgan fingerprint density at radius 2 is 2.00 bits per heavy atom. The number of halogens is 1. The van der Waals surface area contributed by atoms with Gasteiger partial charge in [0.15, 0.2) is 0 Å². The molecule has 1 amide bonds. The van der Waals surface area contributed by atoms with E-state index in [1.807, 2.05) is 39.0 Å². The van der Waals surface area contributed by atoms with Crippen molar-refractivity contribution >= 4 is 22.0 Å². The van der Waals surface area contributed by atoms with Crippen LogP contribution in [0.4, 0.5) is 4.79 Å². The fourth-order valence-electron chi connectivity index (χ4n) is 1.98. The van der Waals surface area contributed by atoms with Gasteiger partial charge in [0.1, 0.15) is 5.60 Å². The maximum absolute atomic E-state index is 11.8. The summed E-state index contributed by atoms with van der Waals surface area (Å²) in [6, 6.07) is 7.95. The molecule has 0 saturated carbocycles. The zero-order valence-electron chi connectivity index (χ0n) is 14.1. The standard InChI is InChI=1S/C18H26BrNO3/c1-5-8-16(20-17(21)23-18(2,3)4)13-22-12-15-10-7-6-9-14(15)11-19/h5-7,9-10,16H,1,8,11-13H2,2-4H3,(H,20,21). The van der Waals surface area contributed by atoms with Crippen molar-refractivity contribution in [1.29, 1.82) is 0 Å². The lowest BCUT2D eigenvalue weighted by Gasteiger charge is -2.23. The molecule has 1 aromatic carbocycles. The number of nitrogens with one attached hydrogen (secondary N) is 1. The van der Waals surface area contributed by atoms with E-state index in [4.69, 9.17) is 9.47 Å². The molecular weight excluding hydrogens is 358 g/mol. The quantitative estimate of drug-likeness (QED) is 0.528. The highest BCUT2D eigenvalue weighted by atomic mass is 79.9. The van der Waals surface area contributed by atoms with Crippen molar-refractivity contribution in [2.24, 2.45) is 0 Å². The lowest BCUT2D eigenvalue weighted by molar-refractivity contribution is 0.0431. The SMILES string of the molecule is C=CCC(COCc1ccccc1CBr)NC(=O)OC(C)(C)C. The van der Waals surface area contributed by atoms with Crippen molar-refractivity contribution in [3.05, 3.63) is 48.0 Å². The van der Waals surface area contributed by atoms with Gasteiger partial charge in [-0.05, 0) is 38.3 Å². The molecule has 4 nitrogen and oxygen atoms in total. The van der Waals surface area contributed by atoms with Gasteiger partial charge in [0.25, 0.3) is 0 Å². The van der Waals surface area contributed by atoms with Gasteiger partial charge < -0.3 is 14.8 Å². The number of ether oxygens (including phenoxy) is 2. The molecule has 1 aromatic rings. The van der Waals surface area contributed by atoms with Gasteiger partial charge in [0.05, 0.1) is 19.3 Å². The van der Waals surface area contributed by atoms with E-state index in [1.165, 1.54) is 5.56 Å². The minimum absolute atomic E-state index is 0.154. The molecule has 23 heavy (non-hydrogen) atoms. The second-order valence-electron chi connectivity index (χ2n) is 6.28. The highest BCUT2D eigenvalue weighted by Crippen LogP contribution is 2.14. The topological polar surface area (TPSA) is 47.6 Å². The molecule has 0 spiro atoms. The van der Waals surface area contributed by atoms with Gasteiger partial charge in [-0.1, -0.05) is 46.3 Å². The molecule has 1 N–H and O–H groups in total. The molecule has 0 saturated heterocycles. The number of carbonyl (C=O) groups excluding carboxylic acids is 1. The van der Waals surface area contributed by atoms with Crippen LogP contribution in [-0.2, 0) is 21.4 Å². The first-order valence-electron chi connectivity index (χ1n) is 7.66. The third-order valence-electron chi connectivity index (χ3n) is 3.01. The van der Waals surface area contributed by atoms with Crippen LogP contribution in [0.2, 0.25) is 0 Å². The van der Waals surface area contributed by atoms with Gasteiger partial charge in [-0.25, -0.2) is 4.79 Å². The first-order valence-corrected chi connectivity index (χ1v) is 8.78. The molecule has 1 unspecified atom stereocenters. The van der Waals surface area contributed by atoms with Crippen LogP contribution < -0.4 is 5.32 Å². The Hall–Kier alpha value is -1.33. The van der Waals surface area contributed by atoms with E-state index >= 15 is 0 Å². The molecule has 128 valence electrons. The zero-order chi connectivity index (χ0) is 17.3. The number of alkyl carbamates (subject to hydrolysis) is 1. The summed E-state index contributed by atoms with van der Waals surface area (Å²) < 4.78 is 11.0. The maximum Gasteiger partial charge on any atom is 0.407 e. The maximum atomic E-state index is 11.8. The molecule has 1 atom stereocenters. The summed E-state index contributed by atoms with van der Waals surface area (Å²) >= 11 is 3.47. The summed E-state index contributed by atoms with van der Waals surface area (Å²) in [6.07, 6.45) is 1.95. The molecule has 0 radical (unpaired) electrons. The van der Waals surface area contributed by atoms with Gasteiger partial charge in [-0.3, -0.25) is 0 Å². The molecule has 1 rings (SSSR count). The lowest BCUT2D eigenvalue weighted by atomic mass is 10.1. The summed E-state index contributed by atoms with van der Waals surface area (Å²) in [5.74, 6) is 0. The van der Waals surface area contributed by atoms with Crippen molar-refractivity contribution in [1.82, 2.24) is 5.32 Å². The second-order valence-corrected chi connectivity index (χ2v) is 6.85. The Morgan fingerprint density at radius 1 is 1.35 bits per heavy atom. The van der Waals surface area contributed by atoms with E-state index in [2.05, 4.69) is 33.9 Å². The molecule has 0 fully saturated rings. The smallest absolute Gasteiger partial charge is 0.407 e. The van der Waals surface area contributed by atoms with Gasteiger partial charge in [-0.15, -0.1) is 6.58 Å². The average molecular weight is 384 g/mol. The van der Waals surface area contributed by atoms with Crippen LogP contribution in [0.1, 0.15) is 38.3 Å². The van der Waals surface area contributed by atoms with Crippen molar-refractivity contribution in [3.63, 3.8) is 0 Å². The third-order valence-corrected chi connectivity index (χ3v) is 3.62. The van der Waals surface area contributed by atoms with Crippen LogP contribution in [0.5, 0.6) is 0 Å². The summed E-state index contributed by atoms with van der Waals surface area (Å²) in [5, 5.41) is 3.61. The summed E-state index contributed by atoms with van der Waals surface area (Å²) in [4.78, 5) is 11.8. The lowest BCUT2D eigenvalue weighted by Crippen LogP contribution is -2.41. The molecule has 0 aromatic heterocycles. The van der Waals surface area contributed by atoms with Crippen LogP contribution in [0.25, 0.3) is 0 Å². The monoisotopic (exact) mass is 383 g/mol. The summed E-state index contributed by atoms with van der Waals surface area (Å²) in [7, 11) is 0. The molecule has 0 aliphatic carbocycles. The van der Waals surface area contributed by atoms with Gasteiger partial charge >= 0.3 is 6.09 Å². The van der Waals surface area contributed by atoms with E-state index in [0.717, 1.165) is 10.9 Å². The molecule has 0 aliphatic rings. The van der Waals surface area contributed by atoms with Gasteiger partial charge in [0, 0.05) is 5.33 Å². The Bertz CT molecular complexity index is 511. The normalized spacial score (nSPS) is 12.5. The number of alkyl halides is 1. The largest absolute Gasteiger partial charge is 0.444 e. The van der Waals surface area contributed by atoms with Crippen LogP contribution in [0.15, 0.2) is 36.9 Å². The number of benzene rings is 1. The van der Waals surface area contributed by atoms with Crippen LogP contribution in [0, 0.1) is 0 Å². The highest BCUT2D eigenvalue weighted by molar-refractivity contribution is 9.08. The third kappa shape index (κ3) is 8.18. The Balaban J connectivity index is 2.50. The number of rotatable bonds is 8. The number of hydrogen-bond donors (Lipinski definition) is 1. The van der Waals surface area contributed by atoms with E-state index < -0.39 is 11.7 Å². The van der Waals surface area contributed by atoms with Gasteiger partial charge in [-0.2, -0.15) is 0 Å². The Labute approximate surface area is 147 Å². The first-order chi connectivity index (χ1) is 10.9. The van der Waals surface area contributed by atoms with Crippen LogP contribution >= 0.6 is 15.9 Å². The molecule has 0 heterocycles. The summed E-state index contributed by atoms with van der Waals surface area (Å²) in [5.41, 5.74) is 1.82. The average Bonchev–Trinajstić information content (AvgIpc) is 2.46. The first kappa shape index (κ1) is 19.7. The van der Waals surface area contributed by atoms with Crippen LogP contribution in [0.3, 0.4) is 0 Å². The Morgan fingerprint density at radius 3 is 2.57 bits per heavy atom. The van der Waals surface area contributed by atoms with Crippen molar-refractivity contribution < 1.29 is 14.3 Å². The van der Waals surface area contributed by atoms with E-state index in [0.29, 0.717) is 19.6 Å². The summed E-state index contributed by atoms with van der Waals surface area (Å²) in [6.45, 7) is 10.1. The second kappa shape index (κ2) is 9.73. The molecular formula is C18H26BrNO3.